The minimum absolute atomic E-state index is 0.00429. The fraction of sp³-hybridized carbons (Fsp3) is 0.200. The number of rotatable bonds is 1. The van der Waals surface area contributed by atoms with Crippen LogP contribution in [-0.4, -0.2) is 0 Å². The van der Waals surface area contributed by atoms with Crippen molar-refractivity contribution in [2.24, 2.45) is 0 Å². The van der Waals surface area contributed by atoms with Gasteiger partial charge in [-0.25, -0.2) is 4.39 Å². The van der Waals surface area contributed by atoms with Crippen LogP contribution in [0.3, 0.4) is 0 Å². The molecule has 4 heteroatoms. The van der Waals surface area contributed by atoms with Gasteiger partial charge in [0.1, 0.15) is 5.82 Å². The lowest BCUT2D eigenvalue weighted by molar-refractivity contribution is 0.610. The molecule has 0 aromatic heterocycles. The van der Waals surface area contributed by atoms with Crippen LogP contribution in [0.15, 0.2) is 30.3 Å². The molecule has 98 valence electrons. The third-order valence-electron chi connectivity index (χ3n) is 3.53. The molecule has 1 N–H and O–H groups in total. The van der Waals surface area contributed by atoms with Gasteiger partial charge in [-0.05, 0) is 36.2 Å². The molecule has 0 fully saturated rings. The van der Waals surface area contributed by atoms with E-state index < -0.39 is 0 Å². The number of benzene rings is 2. The van der Waals surface area contributed by atoms with Crippen LogP contribution in [0.2, 0.25) is 10.0 Å². The van der Waals surface area contributed by atoms with Crippen LogP contribution in [0, 0.1) is 12.7 Å². The van der Waals surface area contributed by atoms with Crippen molar-refractivity contribution in [2.45, 2.75) is 19.4 Å². The Kier molecular flexibility index (Phi) is 3.15. The van der Waals surface area contributed by atoms with E-state index in [9.17, 15) is 4.39 Å². The van der Waals surface area contributed by atoms with Gasteiger partial charge in [-0.1, -0.05) is 35.3 Å². The molecule has 0 spiro atoms. The molecule has 1 aliphatic rings. The molecular weight excluding hydrogens is 284 g/mol. The molecule has 2 aromatic rings. The Bertz CT molecular complexity index is 624. The molecule has 1 aliphatic heterocycles. The zero-order chi connectivity index (χ0) is 13.6. The number of hydrogen-bond acceptors (Lipinski definition) is 1. The van der Waals surface area contributed by atoms with E-state index in [4.69, 9.17) is 23.2 Å². The molecule has 19 heavy (non-hydrogen) atoms. The minimum atomic E-state index is -0.166. The highest BCUT2D eigenvalue weighted by Crippen LogP contribution is 2.40. The summed E-state index contributed by atoms with van der Waals surface area (Å²) in [6, 6.07) is 8.70. The predicted octanol–water partition coefficient (Wildman–Crippen LogP) is 5.15. The maximum atomic E-state index is 13.8. The van der Waals surface area contributed by atoms with Crippen LogP contribution in [-0.2, 0) is 6.42 Å². The zero-order valence-corrected chi connectivity index (χ0v) is 11.8. The van der Waals surface area contributed by atoms with Gasteiger partial charge in [0.05, 0.1) is 6.04 Å². The van der Waals surface area contributed by atoms with Gasteiger partial charge < -0.3 is 5.32 Å². The van der Waals surface area contributed by atoms with Gasteiger partial charge in [0.2, 0.25) is 0 Å². The lowest BCUT2D eigenvalue weighted by Gasteiger charge is -2.14. The summed E-state index contributed by atoms with van der Waals surface area (Å²) < 4.78 is 13.8. The van der Waals surface area contributed by atoms with Crippen LogP contribution >= 0.6 is 23.2 Å². The topological polar surface area (TPSA) is 12.0 Å². The SMILES string of the molecule is Cc1ccc(F)c2c1NC(c1ccc(Cl)cc1Cl)C2. The normalized spacial score (nSPS) is 17.2. The van der Waals surface area contributed by atoms with E-state index in [1.54, 1.807) is 18.2 Å². The van der Waals surface area contributed by atoms with E-state index in [1.807, 2.05) is 13.0 Å². The maximum Gasteiger partial charge on any atom is 0.128 e. The number of halogens is 3. The van der Waals surface area contributed by atoms with Gasteiger partial charge in [0.25, 0.3) is 0 Å². The van der Waals surface area contributed by atoms with E-state index in [1.165, 1.54) is 6.07 Å². The number of anilines is 1. The van der Waals surface area contributed by atoms with Gasteiger partial charge in [-0.15, -0.1) is 0 Å². The molecular formula is C15H12Cl2FN. The van der Waals surface area contributed by atoms with Crippen molar-refractivity contribution in [1.29, 1.82) is 0 Å². The number of hydrogen-bond donors (Lipinski definition) is 1. The fourth-order valence-electron chi connectivity index (χ4n) is 2.54. The second-order valence-corrected chi connectivity index (χ2v) is 5.63. The quantitative estimate of drug-likeness (QED) is 0.767. The Balaban J connectivity index is 2.00. The van der Waals surface area contributed by atoms with Crippen molar-refractivity contribution >= 4 is 28.9 Å². The Morgan fingerprint density at radius 3 is 2.68 bits per heavy atom. The summed E-state index contributed by atoms with van der Waals surface area (Å²) in [5.74, 6) is -0.166. The number of fused-ring (bicyclic) bond motifs is 1. The Morgan fingerprint density at radius 2 is 2.00 bits per heavy atom. The van der Waals surface area contributed by atoms with Crippen molar-refractivity contribution in [2.75, 3.05) is 5.32 Å². The fourth-order valence-corrected chi connectivity index (χ4v) is 3.08. The molecule has 2 aromatic carbocycles. The van der Waals surface area contributed by atoms with Gasteiger partial charge in [-0.3, -0.25) is 0 Å². The molecule has 0 bridgehead atoms. The van der Waals surface area contributed by atoms with Crippen molar-refractivity contribution in [3.05, 3.63) is 62.9 Å². The Labute approximate surface area is 121 Å². The average molecular weight is 296 g/mol. The summed E-state index contributed by atoms with van der Waals surface area (Å²) in [7, 11) is 0. The lowest BCUT2D eigenvalue weighted by atomic mass is 10.0. The van der Waals surface area contributed by atoms with Crippen molar-refractivity contribution in [3.8, 4) is 0 Å². The third kappa shape index (κ3) is 2.19. The smallest absolute Gasteiger partial charge is 0.128 e. The van der Waals surface area contributed by atoms with Crippen LogP contribution < -0.4 is 5.32 Å². The monoisotopic (exact) mass is 295 g/mol. The van der Waals surface area contributed by atoms with Gasteiger partial charge in [-0.2, -0.15) is 0 Å². The first-order valence-corrected chi connectivity index (χ1v) is 6.81. The van der Waals surface area contributed by atoms with Crippen LogP contribution in [0.5, 0.6) is 0 Å². The molecule has 0 saturated heterocycles. The standard InChI is InChI=1S/C15H12Cl2FN/c1-8-2-5-13(18)11-7-14(19-15(8)11)10-4-3-9(16)6-12(10)17/h2-6,14,19H,7H2,1H3. The first-order valence-electron chi connectivity index (χ1n) is 6.05. The molecule has 1 atom stereocenters. The molecule has 0 radical (unpaired) electrons. The predicted molar refractivity (Wildman–Crippen MR) is 77.7 cm³/mol. The minimum Gasteiger partial charge on any atom is -0.377 e. The average Bonchev–Trinajstić information content (AvgIpc) is 2.80. The first kappa shape index (κ1) is 12.8. The summed E-state index contributed by atoms with van der Waals surface area (Å²) >= 11 is 12.1. The Hall–Kier alpha value is -1.25. The number of nitrogens with one attached hydrogen (secondary N) is 1. The van der Waals surface area contributed by atoms with Gasteiger partial charge in [0.15, 0.2) is 0 Å². The van der Waals surface area contributed by atoms with E-state index >= 15 is 0 Å². The summed E-state index contributed by atoms with van der Waals surface area (Å²) in [5.41, 5.74) is 3.61. The molecule has 3 rings (SSSR count). The molecule has 0 aliphatic carbocycles. The van der Waals surface area contributed by atoms with Gasteiger partial charge >= 0.3 is 0 Å². The summed E-state index contributed by atoms with van der Waals surface area (Å²) in [6.45, 7) is 1.97. The highest BCUT2D eigenvalue weighted by molar-refractivity contribution is 6.35. The summed E-state index contributed by atoms with van der Waals surface area (Å²) in [6.07, 6.45) is 0.601. The van der Waals surface area contributed by atoms with Gasteiger partial charge in [0, 0.05) is 27.7 Å². The molecule has 1 nitrogen and oxygen atoms in total. The highest BCUT2D eigenvalue weighted by atomic mass is 35.5. The highest BCUT2D eigenvalue weighted by Gasteiger charge is 2.27. The largest absolute Gasteiger partial charge is 0.377 e. The van der Waals surface area contributed by atoms with E-state index in [-0.39, 0.29) is 11.9 Å². The summed E-state index contributed by atoms with van der Waals surface area (Å²) in [5, 5.41) is 4.56. The van der Waals surface area contributed by atoms with Crippen molar-refractivity contribution < 1.29 is 4.39 Å². The maximum absolute atomic E-state index is 13.8. The summed E-state index contributed by atoms with van der Waals surface area (Å²) in [4.78, 5) is 0. The van der Waals surface area contributed by atoms with Crippen molar-refractivity contribution in [1.82, 2.24) is 0 Å². The first-order chi connectivity index (χ1) is 9.06. The van der Waals surface area contributed by atoms with Crippen molar-refractivity contribution in [3.63, 3.8) is 0 Å². The second-order valence-electron chi connectivity index (χ2n) is 4.78. The third-order valence-corrected chi connectivity index (χ3v) is 4.09. The van der Waals surface area contributed by atoms with Crippen LogP contribution in [0.4, 0.5) is 10.1 Å². The number of aryl methyl sites for hydroxylation is 1. The molecule has 0 amide bonds. The zero-order valence-electron chi connectivity index (χ0n) is 10.3. The van der Waals surface area contributed by atoms with Crippen LogP contribution in [0.25, 0.3) is 0 Å². The van der Waals surface area contributed by atoms with Crippen LogP contribution in [0.1, 0.15) is 22.7 Å². The van der Waals surface area contributed by atoms with E-state index in [0.717, 1.165) is 22.4 Å². The van der Waals surface area contributed by atoms with E-state index in [2.05, 4.69) is 5.32 Å². The molecule has 1 unspecified atom stereocenters. The Morgan fingerprint density at radius 1 is 1.21 bits per heavy atom. The lowest BCUT2D eigenvalue weighted by Crippen LogP contribution is -2.06. The molecule has 0 saturated carbocycles. The molecule has 1 heterocycles. The second kappa shape index (κ2) is 4.69. The van der Waals surface area contributed by atoms with E-state index in [0.29, 0.717) is 16.5 Å².